The van der Waals surface area contributed by atoms with Gasteiger partial charge in [-0.3, -0.25) is 14.4 Å². The molecule has 5 nitrogen and oxygen atoms in total. The van der Waals surface area contributed by atoms with Crippen LogP contribution in [0.3, 0.4) is 0 Å². The quantitative estimate of drug-likeness (QED) is 0.661. The van der Waals surface area contributed by atoms with Gasteiger partial charge in [0.2, 0.25) is 11.8 Å². The molecule has 0 unspecified atom stereocenters. The fourth-order valence-electron chi connectivity index (χ4n) is 5.05. The van der Waals surface area contributed by atoms with Crippen LogP contribution in [0.25, 0.3) is 11.1 Å². The van der Waals surface area contributed by atoms with Gasteiger partial charge in [-0.25, -0.2) is 4.39 Å². The van der Waals surface area contributed by atoms with E-state index in [1.807, 2.05) is 36.1 Å². The van der Waals surface area contributed by atoms with Crippen LogP contribution in [0, 0.1) is 11.7 Å². The van der Waals surface area contributed by atoms with Crippen molar-refractivity contribution in [2.24, 2.45) is 5.92 Å². The largest absolute Gasteiger partial charge is 0.341 e. The zero-order valence-corrected chi connectivity index (χ0v) is 19.1. The Balaban J connectivity index is 1.34. The molecule has 0 N–H and O–H groups in total. The molecule has 1 atom stereocenters. The number of benzene rings is 2. The number of piperidine rings is 1. The second kappa shape index (κ2) is 10.3. The van der Waals surface area contributed by atoms with E-state index in [0.717, 1.165) is 24.0 Å². The van der Waals surface area contributed by atoms with Crippen LogP contribution in [0.2, 0.25) is 0 Å². The van der Waals surface area contributed by atoms with Gasteiger partial charge in [-0.05, 0) is 42.9 Å². The first-order valence-electron chi connectivity index (χ1n) is 11.9. The molecule has 174 valence electrons. The minimum atomic E-state index is -0.342. The average molecular weight is 451 g/mol. The minimum Gasteiger partial charge on any atom is -0.341 e. The number of halogens is 1. The average Bonchev–Trinajstić information content (AvgIpc) is 3.33. The number of nitrogens with zero attached hydrogens (tertiary/aromatic N) is 2. The van der Waals surface area contributed by atoms with Crippen molar-refractivity contribution in [1.82, 2.24) is 9.80 Å². The van der Waals surface area contributed by atoms with Gasteiger partial charge >= 0.3 is 0 Å². The van der Waals surface area contributed by atoms with Crippen LogP contribution >= 0.6 is 0 Å². The Morgan fingerprint density at radius 3 is 2.45 bits per heavy atom. The number of likely N-dealkylation sites (tertiary alicyclic amines) is 2. The van der Waals surface area contributed by atoms with Crippen LogP contribution in [0.15, 0.2) is 48.5 Å². The van der Waals surface area contributed by atoms with Crippen LogP contribution in [0.5, 0.6) is 0 Å². The van der Waals surface area contributed by atoms with Crippen molar-refractivity contribution < 1.29 is 18.8 Å². The lowest BCUT2D eigenvalue weighted by molar-refractivity contribution is -0.145. The van der Waals surface area contributed by atoms with Crippen molar-refractivity contribution >= 4 is 17.6 Å². The van der Waals surface area contributed by atoms with Crippen molar-refractivity contribution in [3.05, 3.63) is 59.9 Å². The van der Waals surface area contributed by atoms with Gasteiger partial charge in [0.1, 0.15) is 17.6 Å². The maximum atomic E-state index is 14.1. The third kappa shape index (κ3) is 5.15. The molecule has 2 aliphatic heterocycles. The summed E-state index contributed by atoms with van der Waals surface area (Å²) in [4.78, 5) is 41.7. The molecule has 2 aliphatic rings. The molecule has 2 aromatic carbocycles. The fraction of sp³-hybridized carbons (Fsp3) is 0.444. The van der Waals surface area contributed by atoms with Gasteiger partial charge in [0.05, 0.1) is 0 Å². The molecule has 2 aromatic rings. The monoisotopic (exact) mass is 450 g/mol. The highest BCUT2D eigenvalue weighted by Crippen LogP contribution is 2.27. The molecule has 4 rings (SSSR count). The number of ketones is 1. The summed E-state index contributed by atoms with van der Waals surface area (Å²) >= 11 is 0. The second-order valence-corrected chi connectivity index (χ2v) is 9.02. The summed E-state index contributed by atoms with van der Waals surface area (Å²) in [6.45, 7) is 3.58. The van der Waals surface area contributed by atoms with Gasteiger partial charge in [-0.2, -0.15) is 0 Å². The first-order valence-corrected chi connectivity index (χ1v) is 11.9. The molecule has 0 aromatic heterocycles. The van der Waals surface area contributed by atoms with Crippen molar-refractivity contribution in [2.75, 3.05) is 19.6 Å². The number of rotatable bonds is 6. The van der Waals surface area contributed by atoms with Gasteiger partial charge < -0.3 is 9.80 Å². The normalized spacial score (nSPS) is 19.0. The molecule has 0 bridgehead atoms. The predicted octanol–water partition coefficient (Wildman–Crippen LogP) is 4.24. The van der Waals surface area contributed by atoms with Crippen LogP contribution in [0.4, 0.5) is 4.39 Å². The highest BCUT2D eigenvalue weighted by Gasteiger charge is 2.37. The molecule has 2 amide bonds. The van der Waals surface area contributed by atoms with Crippen molar-refractivity contribution in [1.29, 1.82) is 0 Å². The lowest BCUT2D eigenvalue weighted by atomic mass is 9.88. The Morgan fingerprint density at radius 2 is 1.73 bits per heavy atom. The molecular formula is C27H31FN2O3. The number of amides is 2. The molecule has 0 aliphatic carbocycles. The Bertz CT molecular complexity index is 1030. The number of carbonyl (C=O) groups is 3. The minimum absolute atomic E-state index is 0.0257. The highest BCUT2D eigenvalue weighted by molar-refractivity contribution is 5.89. The third-order valence-electron chi connectivity index (χ3n) is 6.91. The van der Waals surface area contributed by atoms with Crippen LogP contribution in [-0.2, 0) is 20.8 Å². The Kier molecular flexibility index (Phi) is 7.21. The van der Waals surface area contributed by atoms with E-state index in [4.69, 9.17) is 0 Å². The molecule has 33 heavy (non-hydrogen) atoms. The Morgan fingerprint density at radius 1 is 0.970 bits per heavy atom. The molecule has 0 radical (unpaired) electrons. The first-order chi connectivity index (χ1) is 16.0. The molecule has 2 saturated heterocycles. The lowest BCUT2D eigenvalue weighted by Gasteiger charge is -2.35. The number of hydrogen-bond donors (Lipinski definition) is 0. The van der Waals surface area contributed by atoms with Crippen LogP contribution < -0.4 is 0 Å². The van der Waals surface area contributed by atoms with Gasteiger partial charge in [-0.1, -0.05) is 49.4 Å². The van der Waals surface area contributed by atoms with Crippen molar-refractivity contribution in [2.45, 2.75) is 51.5 Å². The maximum absolute atomic E-state index is 14.1. The van der Waals surface area contributed by atoms with Gasteiger partial charge in [0.15, 0.2) is 0 Å². The maximum Gasteiger partial charge on any atom is 0.245 e. The number of hydrogen-bond acceptors (Lipinski definition) is 3. The van der Waals surface area contributed by atoms with Gasteiger partial charge in [0, 0.05) is 44.0 Å². The lowest BCUT2D eigenvalue weighted by Crippen LogP contribution is -2.50. The van der Waals surface area contributed by atoms with E-state index in [9.17, 15) is 18.8 Å². The third-order valence-corrected chi connectivity index (χ3v) is 6.91. The molecular weight excluding hydrogens is 419 g/mol. The standard InChI is InChI=1S/C27H31FN2O3/c1-2-26(32)30-14-6-11-24(30)27(33)29-15-12-20(13-16-29)25(31)18-19-7-5-8-21(17-19)22-9-3-4-10-23(22)28/h3-5,7-10,17,20,24H,2,6,11-16,18H2,1H3/t24-/m1/s1. The summed E-state index contributed by atoms with van der Waals surface area (Å²) in [5.74, 6) is -0.134. The van der Waals surface area contributed by atoms with E-state index in [-0.39, 0.29) is 35.4 Å². The van der Waals surface area contributed by atoms with Crippen LogP contribution in [0.1, 0.15) is 44.6 Å². The van der Waals surface area contributed by atoms with Crippen molar-refractivity contribution in [3.8, 4) is 11.1 Å². The highest BCUT2D eigenvalue weighted by atomic mass is 19.1. The second-order valence-electron chi connectivity index (χ2n) is 9.02. The SMILES string of the molecule is CCC(=O)N1CCC[C@@H]1C(=O)N1CCC(C(=O)Cc2cccc(-c3ccccc3F)c2)CC1. The van der Waals surface area contributed by atoms with E-state index in [0.29, 0.717) is 50.9 Å². The molecule has 0 spiro atoms. The summed E-state index contributed by atoms with van der Waals surface area (Å²) in [7, 11) is 0. The number of carbonyl (C=O) groups excluding carboxylic acids is 3. The van der Waals surface area contributed by atoms with E-state index < -0.39 is 0 Å². The van der Waals surface area contributed by atoms with Crippen molar-refractivity contribution in [3.63, 3.8) is 0 Å². The summed E-state index contributed by atoms with van der Waals surface area (Å²) in [5, 5.41) is 0. The first kappa shape index (κ1) is 23.1. The summed E-state index contributed by atoms with van der Waals surface area (Å²) < 4.78 is 14.1. The molecule has 0 saturated carbocycles. The van der Waals surface area contributed by atoms with Crippen LogP contribution in [-0.4, -0.2) is 53.1 Å². The number of Topliss-reactive ketones (excluding diaryl/α,β-unsaturated/α-hetero) is 1. The summed E-state index contributed by atoms with van der Waals surface area (Å²) in [6, 6.07) is 13.8. The zero-order chi connectivity index (χ0) is 23.4. The Hall–Kier alpha value is -3.02. The van der Waals surface area contributed by atoms with E-state index >= 15 is 0 Å². The topological polar surface area (TPSA) is 57.7 Å². The molecule has 2 fully saturated rings. The smallest absolute Gasteiger partial charge is 0.245 e. The Labute approximate surface area is 194 Å². The van der Waals surface area contributed by atoms with Gasteiger partial charge in [0.25, 0.3) is 0 Å². The summed E-state index contributed by atoms with van der Waals surface area (Å²) in [5.41, 5.74) is 2.17. The summed E-state index contributed by atoms with van der Waals surface area (Å²) in [6.07, 6.45) is 3.60. The fourth-order valence-corrected chi connectivity index (χ4v) is 5.05. The predicted molar refractivity (Wildman–Crippen MR) is 125 cm³/mol. The molecule has 6 heteroatoms. The van der Waals surface area contributed by atoms with Gasteiger partial charge in [-0.15, -0.1) is 0 Å². The van der Waals surface area contributed by atoms with E-state index in [1.165, 1.54) is 6.07 Å². The van der Waals surface area contributed by atoms with E-state index in [2.05, 4.69) is 0 Å². The zero-order valence-electron chi connectivity index (χ0n) is 19.1. The molecule has 2 heterocycles. The van der Waals surface area contributed by atoms with E-state index in [1.54, 1.807) is 23.1 Å².